The first-order valence-electron chi connectivity index (χ1n) is 8.79. The molecule has 0 bridgehead atoms. The van der Waals surface area contributed by atoms with Crippen molar-refractivity contribution in [2.45, 2.75) is 13.0 Å². The first kappa shape index (κ1) is 19.9. The molecule has 1 aliphatic rings. The van der Waals surface area contributed by atoms with Crippen LogP contribution in [0, 0.1) is 10.1 Å². The summed E-state index contributed by atoms with van der Waals surface area (Å²) >= 11 is 2.60. The number of esters is 1. The zero-order chi connectivity index (χ0) is 21.4. The Labute approximate surface area is 177 Å². The molecule has 1 aromatic carbocycles. The van der Waals surface area contributed by atoms with E-state index >= 15 is 0 Å². The van der Waals surface area contributed by atoms with Crippen LogP contribution in [-0.2, 0) is 9.53 Å². The van der Waals surface area contributed by atoms with Crippen LogP contribution in [0.2, 0.25) is 0 Å². The number of benzene rings is 1. The van der Waals surface area contributed by atoms with Crippen molar-refractivity contribution in [2.24, 2.45) is 4.99 Å². The summed E-state index contributed by atoms with van der Waals surface area (Å²) < 4.78 is 6.80. The fraction of sp³-hybridized carbons (Fsp3) is 0.150. The fourth-order valence-corrected chi connectivity index (χ4v) is 5.16. The molecule has 8 nitrogen and oxygen atoms in total. The second-order valence-corrected chi connectivity index (χ2v) is 8.43. The normalized spacial score (nSPS) is 16.2. The van der Waals surface area contributed by atoms with Crippen LogP contribution in [0.25, 0.3) is 6.08 Å². The maximum atomic E-state index is 13.3. The van der Waals surface area contributed by atoms with Gasteiger partial charge in [-0.3, -0.25) is 19.5 Å². The minimum Gasteiger partial charge on any atom is -0.466 e. The molecule has 152 valence electrons. The predicted molar refractivity (Wildman–Crippen MR) is 113 cm³/mol. The summed E-state index contributed by atoms with van der Waals surface area (Å²) in [6.07, 6.45) is 1.60. The fourth-order valence-electron chi connectivity index (χ4n) is 3.29. The molecule has 3 heterocycles. The van der Waals surface area contributed by atoms with E-state index in [0.29, 0.717) is 26.2 Å². The number of nitrogens with zero attached hydrogens (tertiary/aromatic N) is 3. The lowest BCUT2D eigenvalue weighted by Crippen LogP contribution is -2.39. The number of rotatable bonds is 4. The third kappa shape index (κ3) is 3.40. The molecule has 0 N–H and O–H groups in total. The van der Waals surface area contributed by atoms with Gasteiger partial charge in [0.25, 0.3) is 11.2 Å². The molecule has 3 aromatic rings. The second-order valence-electron chi connectivity index (χ2n) is 6.44. The van der Waals surface area contributed by atoms with Crippen molar-refractivity contribution in [3.63, 3.8) is 0 Å². The van der Waals surface area contributed by atoms with Crippen molar-refractivity contribution in [2.75, 3.05) is 7.11 Å². The van der Waals surface area contributed by atoms with Crippen LogP contribution >= 0.6 is 22.7 Å². The smallest absolute Gasteiger partial charge is 0.338 e. The number of methoxy groups -OCH3 is 1. The summed E-state index contributed by atoms with van der Waals surface area (Å²) in [4.78, 5) is 42.1. The quantitative estimate of drug-likeness (QED) is 0.351. The van der Waals surface area contributed by atoms with E-state index in [2.05, 4.69) is 4.99 Å². The van der Waals surface area contributed by atoms with E-state index in [4.69, 9.17) is 4.74 Å². The molecule has 0 unspecified atom stereocenters. The van der Waals surface area contributed by atoms with Crippen molar-refractivity contribution < 1.29 is 14.5 Å². The van der Waals surface area contributed by atoms with Crippen LogP contribution in [0.1, 0.15) is 23.4 Å². The highest BCUT2D eigenvalue weighted by molar-refractivity contribution is 7.10. The Kier molecular flexibility index (Phi) is 5.18. The Hall–Kier alpha value is -3.37. The number of fused-ring (bicyclic) bond motifs is 1. The Morgan fingerprint density at radius 2 is 2.13 bits per heavy atom. The summed E-state index contributed by atoms with van der Waals surface area (Å²) in [5, 5.41) is 12.9. The van der Waals surface area contributed by atoms with Crippen LogP contribution in [-0.4, -0.2) is 22.6 Å². The molecule has 0 saturated heterocycles. The first-order chi connectivity index (χ1) is 14.4. The highest BCUT2D eigenvalue weighted by Gasteiger charge is 2.33. The maximum Gasteiger partial charge on any atom is 0.338 e. The molecule has 4 rings (SSSR count). The lowest BCUT2D eigenvalue weighted by Gasteiger charge is -2.22. The van der Waals surface area contributed by atoms with Gasteiger partial charge in [0.15, 0.2) is 4.80 Å². The average molecular weight is 441 g/mol. The summed E-state index contributed by atoms with van der Waals surface area (Å²) in [7, 11) is 1.29. The average Bonchev–Trinajstić information content (AvgIpc) is 3.36. The number of allylic oxidation sites excluding steroid dienone is 1. The molecule has 0 fully saturated rings. The molecular formula is C20H15N3O5S2. The van der Waals surface area contributed by atoms with E-state index in [9.17, 15) is 19.7 Å². The molecule has 2 aromatic heterocycles. The van der Waals surface area contributed by atoms with Crippen molar-refractivity contribution in [3.8, 4) is 0 Å². The number of thiazole rings is 1. The number of nitro groups is 1. The van der Waals surface area contributed by atoms with Gasteiger partial charge in [0.1, 0.15) is 6.04 Å². The highest BCUT2D eigenvalue weighted by atomic mass is 32.1. The van der Waals surface area contributed by atoms with Gasteiger partial charge >= 0.3 is 5.97 Å². The van der Waals surface area contributed by atoms with E-state index in [-0.39, 0.29) is 11.2 Å². The minimum atomic E-state index is -0.638. The van der Waals surface area contributed by atoms with Crippen molar-refractivity contribution in [1.82, 2.24) is 4.57 Å². The molecule has 0 aliphatic carbocycles. The van der Waals surface area contributed by atoms with Gasteiger partial charge < -0.3 is 4.74 Å². The van der Waals surface area contributed by atoms with Gasteiger partial charge in [-0.05, 0) is 30.0 Å². The van der Waals surface area contributed by atoms with Gasteiger partial charge in [0.05, 0.1) is 27.8 Å². The number of ether oxygens (including phenoxy) is 1. The molecule has 1 aliphatic heterocycles. The van der Waals surface area contributed by atoms with E-state index in [1.165, 1.54) is 46.5 Å². The third-order valence-electron chi connectivity index (χ3n) is 4.62. The van der Waals surface area contributed by atoms with Gasteiger partial charge in [-0.15, -0.1) is 11.3 Å². The van der Waals surface area contributed by atoms with Crippen molar-refractivity contribution in [3.05, 3.63) is 93.3 Å². The van der Waals surface area contributed by atoms with Gasteiger partial charge in [-0.1, -0.05) is 29.5 Å². The second kappa shape index (κ2) is 7.81. The van der Waals surface area contributed by atoms with E-state index < -0.39 is 16.9 Å². The third-order valence-corrected chi connectivity index (χ3v) is 6.53. The molecule has 0 radical (unpaired) electrons. The lowest BCUT2D eigenvalue weighted by atomic mass is 10.0. The number of hydrogen-bond donors (Lipinski definition) is 0. The topological polar surface area (TPSA) is 104 Å². The number of hydrogen-bond acceptors (Lipinski definition) is 8. The van der Waals surface area contributed by atoms with Crippen molar-refractivity contribution >= 4 is 40.4 Å². The lowest BCUT2D eigenvalue weighted by molar-refractivity contribution is -0.384. The summed E-state index contributed by atoms with van der Waals surface area (Å²) in [6.45, 7) is 1.71. The van der Waals surface area contributed by atoms with E-state index in [1.807, 2.05) is 17.5 Å². The first-order valence-corrected chi connectivity index (χ1v) is 10.5. The number of aromatic nitrogens is 1. The number of thiophene rings is 1. The minimum absolute atomic E-state index is 0.0585. The zero-order valence-electron chi connectivity index (χ0n) is 15.9. The molecule has 1 atom stereocenters. The summed E-state index contributed by atoms with van der Waals surface area (Å²) in [6, 6.07) is 9.11. The predicted octanol–water partition coefficient (Wildman–Crippen LogP) is 2.38. The zero-order valence-corrected chi connectivity index (χ0v) is 17.5. The maximum absolute atomic E-state index is 13.3. The summed E-state index contributed by atoms with van der Waals surface area (Å²) in [5.41, 5.74) is 0.957. The molecule has 0 spiro atoms. The molecule has 0 saturated carbocycles. The van der Waals surface area contributed by atoms with Crippen LogP contribution in [0.15, 0.2) is 62.8 Å². The van der Waals surface area contributed by atoms with E-state index in [1.54, 1.807) is 25.1 Å². The molecular weight excluding hydrogens is 426 g/mol. The number of nitro benzene ring substituents is 1. The van der Waals surface area contributed by atoms with E-state index in [0.717, 1.165) is 4.88 Å². The Morgan fingerprint density at radius 3 is 2.80 bits per heavy atom. The van der Waals surface area contributed by atoms with Crippen molar-refractivity contribution in [1.29, 1.82) is 0 Å². The number of carbonyl (C=O) groups excluding carboxylic acids is 1. The molecule has 0 amide bonds. The SMILES string of the molecule is COC(=O)C1=C(C)N=c2s/c(=C/c3cccc([N+](=O)[O-])c3)c(=O)n2[C@H]1c1cccs1. The van der Waals surface area contributed by atoms with Crippen LogP contribution in [0.4, 0.5) is 5.69 Å². The van der Waals surface area contributed by atoms with Crippen LogP contribution < -0.4 is 14.9 Å². The largest absolute Gasteiger partial charge is 0.466 e. The van der Waals surface area contributed by atoms with Crippen LogP contribution in [0.5, 0.6) is 0 Å². The molecule has 10 heteroatoms. The van der Waals surface area contributed by atoms with Crippen LogP contribution in [0.3, 0.4) is 0 Å². The Balaban J connectivity index is 1.94. The number of carbonyl (C=O) groups is 1. The van der Waals surface area contributed by atoms with Gasteiger partial charge in [-0.2, -0.15) is 0 Å². The van der Waals surface area contributed by atoms with Gasteiger partial charge in [0.2, 0.25) is 0 Å². The highest BCUT2D eigenvalue weighted by Crippen LogP contribution is 2.32. The monoisotopic (exact) mass is 441 g/mol. The standard InChI is InChI=1S/C20H15N3O5S2/c1-11-16(19(25)28-2)17(14-7-4-8-29-14)22-18(24)15(30-20(22)21-11)10-12-5-3-6-13(9-12)23(26)27/h3-10,17H,1-2H3/b15-10+/t17-/m0/s1. The van der Waals surface area contributed by atoms with Gasteiger partial charge in [0, 0.05) is 17.0 Å². The Bertz CT molecular complexity index is 1370. The Morgan fingerprint density at radius 1 is 1.33 bits per heavy atom. The molecule has 30 heavy (non-hydrogen) atoms. The number of non-ortho nitro benzene ring substituents is 1. The summed E-state index contributed by atoms with van der Waals surface area (Å²) in [5.74, 6) is -0.539. The van der Waals surface area contributed by atoms with Gasteiger partial charge in [-0.25, -0.2) is 9.79 Å².